The molecule has 5 nitrogen and oxygen atoms in total. The predicted octanol–water partition coefficient (Wildman–Crippen LogP) is 2.80. The van der Waals surface area contributed by atoms with E-state index in [9.17, 15) is 0 Å². The molecule has 4 rings (SSSR count). The van der Waals surface area contributed by atoms with Crippen molar-refractivity contribution < 1.29 is 9.47 Å². The lowest BCUT2D eigenvalue weighted by molar-refractivity contribution is -0.200. The predicted molar refractivity (Wildman–Crippen MR) is 92.9 cm³/mol. The van der Waals surface area contributed by atoms with E-state index in [0.717, 1.165) is 50.5 Å². The van der Waals surface area contributed by atoms with Crippen molar-refractivity contribution in [2.24, 2.45) is 0 Å². The van der Waals surface area contributed by atoms with Gasteiger partial charge >= 0.3 is 0 Å². The van der Waals surface area contributed by atoms with Crippen molar-refractivity contribution in [3.8, 4) is 0 Å². The molecule has 0 saturated carbocycles. The van der Waals surface area contributed by atoms with Crippen molar-refractivity contribution in [3.05, 3.63) is 46.2 Å². The number of aryl methyl sites for hydroxylation is 1. The Morgan fingerprint density at radius 3 is 3.12 bits per heavy atom. The third-order valence-electron chi connectivity index (χ3n) is 4.73. The van der Waals surface area contributed by atoms with Crippen molar-refractivity contribution in [3.63, 3.8) is 0 Å². The Balaban J connectivity index is 1.27. The molecule has 4 heterocycles. The molecule has 2 aliphatic heterocycles. The van der Waals surface area contributed by atoms with Gasteiger partial charge in [-0.05, 0) is 25.5 Å². The molecule has 0 N–H and O–H groups in total. The second-order valence-corrected chi connectivity index (χ2v) is 7.78. The molecule has 0 amide bonds. The van der Waals surface area contributed by atoms with E-state index in [1.807, 2.05) is 36.7 Å². The van der Waals surface area contributed by atoms with Crippen molar-refractivity contribution in [1.82, 2.24) is 14.9 Å². The Morgan fingerprint density at radius 1 is 1.42 bits per heavy atom. The number of ether oxygens (including phenoxy) is 2. The number of likely N-dealkylation sites (tertiary alicyclic amines) is 1. The molecular formula is C18H23N3O2S. The quantitative estimate of drug-likeness (QED) is 0.834. The van der Waals surface area contributed by atoms with Gasteiger partial charge < -0.3 is 9.47 Å². The molecule has 0 bridgehead atoms. The van der Waals surface area contributed by atoms with E-state index in [-0.39, 0.29) is 11.7 Å². The lowest BCUT2D eigenvalue weighted by Gasteiger charge is -2.53. The molecule has 24 heavy (non-hydrogen) atoms. The Morgan fingerprint density at radius 2 is 2.33 bits per heavy atom. The van der Waals surface area contributed by atoms with Crippen LogP contribution in [-0.2, 0) is 22.6 Å². The molecule has 2 saturated heterocycles. The molecule has 0 aliphatic carbocycles. The number of rotatable bonds is 5. The fourth-order valence-corrected chi connectivity index (χ4v) is 4.29. The summed E-state index contributed by atoms with van der Waals surface area (Å²) in [5, 5.41) is 3.21. The minimum absolute atomic E-state index is 0.0137. The molecule has 6 heteroatoms. The van der Waals surface area contributed by atoms with Crippen LogP contribution in [0.25, 0.3) is 0 Å². The number of thiazole rings is 1. The number of hydrogen-bond acceptors (Lipinski definition) is 6. The molecule has 2 aromatic rings. The molecule has 1 spiro atoms. The van der Waals surface area contributed by atoms with Gasteiger partial charge in [0, 0.05) is 43.4 Å². The zero-order chi connectivity index (χ0) is 16.4. The first-order valence-electron chi connectivity index (χ1n) is 8.50. The SMILES string of the molecule is Cc1cccc(CO[C@H]2CCOC3(C2)CN(Cc2nccs2)C3)n1. The van der Waals surface area contributed by atoms with Gasteiger partial charge in [-0.25, -0.2) is 4.98 Å². The first-order valence-corrected chi connectivity index (χ1v) is 9.38. The first kappa shape index (κ1) is 16.1. The molecule has 128 valence electrons. The summed E-state index contributed by atoms with van der Waals surface area (Å²) < 4.78 is 12.2. The highest BCUT2D eigenvalue weighted by Gasteiger charge is 2.47. The van der Waals surface area contributed by atoms with E-state index in [1.165, 1.54) is 5.01 Å². The van der Waals surface area contributed by atoms with E-state index in [2.05, 4.69) is 14.9 Å². The summed E-state index contributed by atoms with van der Waals surface area (Å²) in [7, 11) is 0. The summed E-state index contributed by atoms with van der Waals surface area (Å²) in [4.78, 5) is 11.3. The number of pyridine rings is 1. The van der Waals surface area contributed by atoms with E-state index in [4.69, 9.17) is 9.47 Å². The van der Waals surface area contributed by atoms with Crippen LogP contribution in [0, 0.1) is 6.92 Å². The van der Waals surface area contributed by atoms with Crippen molar-refractivity contribution in [2.75, 3.05) is 19.7 Å². The summed E-state index contributed by atoms with van der Waals surface area (Å²) >= 11 is 1.72. The van der Waals surface area contributed by atoms with Crippen LogP contribution in [0.2, 0.25) is 0 Å². The Hall–Kier alpha value is -1.34. The normalized spacial score (nSPS) is 23.3. The summed E-state index contributed by atoms with van der Waals surface area (Å²) in [5.74, 6) is 0. The lowest BCUT2D eigenvalue weighted by Crippen LogP contribution is -2.65. The maximum Gasteiger partial charge on any atom is 0.107 e. The van der Waals surface area contributed by atoms with Crippen LogP contribution in [0.3, 0.4) is 0 Å². The molecule has 2 aromatic heterocycles. The molecule has 0 unspecified atom stereocenters. The second kappa shape index (κ2) is 6.88. The van der Waals surface area contributed by atoms with Crippen LogP contribution < -0.4 is 0 Å². The van der Waals surface area contributed by atoms with Gasteiger partial charge in [0.1, 0.15) is 5.01 Å². The fourth-order valence-electron chi connectivity index (χ4n) is 3.63. The van der Waals surface area contributed by atoms with Gasteiger partial charge in [0.25, 0.3) is 0 Å². The highest BCUT2D eigenvalue weighted by atomic mass is 32.1. The largest absolute Gasteiger partial charge is 0.372 e. The van der Waals surface area contributed by atoms with Crippen LogP contribution in [0.5, 0.6) is 0 Å². The van der Waals surface area contributed by atoms with E-state index < -0.39 is 0 Å². The van der Waals surface area contributed by atoms with Crippen LogP contribution in [0.4, 0.5) is 0 Å². The second-order valence-electron chi connectivity index (χ2n) is 6.80. The monoisotopic (exact) mass is 345 g/mol. The van der Waals surface area contributed by atoms with E-state index >= 15 is 0 Å². The number of hydrogen-bond donors (Lipinski definition) is 0. The smallest absolute Gasteiger partial charge is 0.107 e. The summed E-state index contributed by atoms with van der Waals surface area (Å²) in [6.07, 6.45) is 4.09. The molecule has 0 aromatic carbocycles. The molecule has 2 fully saturated rings. The minimum Gasteiger partial charge on any atom is -0.372 e. The first-order chi connectivity index (χ1) is 11.7. The topological polar surface area (TPSA) is 47.5 Å². The van der Waals surface area contributed by atoms with E-state index in [1.54, 1.807) is 11.3 Å². The van der Waals surface area contributed by atoms with Crippen molar-refractivity contribution in [2.45, 2.75) is 44.6 Å². The summed E-state index contributed by atoms with van der Waals surface area (Å²) in [6.45, 7) is 6.28. The zero-order valence-electron chi connectivity index (χ0n) is 14.0. The van der Waals surface area contributed by atoms with E-state index in [0.29, 0.717) is 6.61 Å². The van der Waals surface area contributed by atoms with Gasteiger partial charge in [-0.3, -0.25) is 9.88 Å². The van der Waals surface area contributed by atoms with Gasteiger partial charge in [-0.1, -0.05) is 6.07 Å². The van der Waals surface area contributed by atoms with Crippen LogP contribution >= 0.6 is 11.3 Å². The average molecular weight is 345 g/mol. The molecule has 2 aliphatic rings. The third kappa shape index (κ3) is 3.67. The van der Waals surface area contributed by atoms with Gasteiger partial charge in [0.05, 0.1) is 30.6 Å². The lowest BCUT2D eigenvalue weighted by atomic mass is 9.84. The highest BCUT2D eigenvalue weighted by molar-refractivity contribution is 7.09. The maximum atomic E-state index is 6.12. The minimum atomic E-state index is -0.0137. The van der Waals surface area contributed by atoms with Crippen LogP contribution in [0.1, 0.15) is 29.2 Å². The molecule has 1 atom stereocenters. The zero-order valence-corrected chi connectivity index (χ0v) is 14.8. The van der Waals surface area contributed by atoms with Gasteiger partial charge in [-0.15, -0.1) is 11.3 Å². The Bertz CT molecular complexity index is 671. The van der Waals surface area contributed by atoms with Gasteiger partial charge in [0.15, 0.2) is 0 Å². The standard InChI is InChI=1S/C18H23N3O2S/c1-14-3-2-4-15(20-14)11-22-16-5-7-23-18(9-16)12-21(13-18)10-17-19-6-8-24-17/h2-4,6,8,16H,5,7,9-13H2,1H3/t16-/m0/s1. The van der Waals surface area contributed by atoms with Gasteiger partial charge in [0.2, 0.25) is 0 Å². The Kier molecular flexibility index (Phi) is 4.63. The third-order valence-corrected chi connectivity index (χ3v) is 5.49. The Labute approximate surface area is 146 Å². The van der Waals surface area contributed by atoms with Gasteiger partial charge in [-0.2, -0.15) is 0 Å². The van der Waals surface area contributed by atoms with Crippen LogP contribution in [0.15, 0.2) is 29.8 Å². The number of aromatic nitrogens is 2. The average Bonchev–Trinajstić information content (AvgIpc) is 3.05. The molecular weight excluding hydrogens is 322 g/mol. The highest BCUT2D eigenvalue weighted by Crippen LogP contribution is 2.36. The summed E-state index contributed by atoms with van der Waals surface area (Å²) in [5.41, 5.74) is 2.03. The summed E-state index contributed by atoms with van der Waals surface area (Å²) in [6, 6.07) is 6.08. The maximum absolute atomic E-state index is 6.12. The van der Waals surface area contributed by atoms with Crippen LogP contribution in [-0.4, -0.2) is 46.3 Å². The van der Waals surface area contributed by atoms with Crippen molar-refractivity contribution >= 4 is 11.3 Å². The van der Waals surface area contributed by atoms with Crippen molar-refractivity contribution in [1.29, 1.82) is 0 Å². The number of nitrogens with zero attached hydrogens (tertiary/aromatic N) is 3. The fraction of sp³-hybridized carbons (Fsp3) is 0.556. The molecule has 0 radical (unpaired) electrons.